The molecule has 22 heavy (non-hydrogen) atoms. The second-order valence-electron chi connectivity index (χ2n) is 5.29. The van der Waals surface area contributed by atoms with Gasteiger partial charge in [-0.05, 0) is 11.6 Å². The fourth-order valence-corrected chi connectivity index (χ4v) is 4.70. The largest absolute Gasteiger partial charge is 0.286 e. The summed E-state index contributed by atoms with van der Waals surface area (Å²) in [6, 6.07) is 7.81. The lowest BCUT2D eigenvalue weighted by molar-refractivity contribution is -0.524. The first-order valence-electron chi connectivity index (χ1n) is 6.73. The molecular formula is C13H18NO6S2+. The highest BCUT2D eigenvalue weighted by Crippen LogP contribution is 2.13. The summed E-state index contributed by atoms with van der Waals surface area (Å²) >= 11 is 0. The van der Waals surface area contributed by atoms with Gasteiger partial charge in [-0.25, -0.2) is 4.58 Å². The average Bonchev–Trinajstić information content (AvgIpc) is 2.41. The van der Waals surface area contributed by atoms with Crippen molar-refractivity contribution in [2.45, 2.75) is 18.1 Å². The van der Waals surface area contributed by atoms with E-state index in [1.165, 1.54) is 5.56 Å². The van der Waals surface area contributed by atoms with Crippen LogP contribution in [0.1, 0.15) is 17.5 Å². The molecule has 0 aromatic heterocycles. The number of hydrogen-bond acceptors (Lipinski definition) is 4. The molecule has 0 saturated carbocycles. The molecule has 122 valence electrons. The van der Waals surface area contributed by atoms with Gasteiger partial charge in [0.1, 0.15) is 18.3 Å². The molecule has 1 atom stereocenters. The van der Waals surface area contributed by atoms with E-state index in [1.807, 2.05) is 35.1 Å². The molecule has 0 aliphatic carbocycles. The topological polar surface area (TPSA) is 112 Å². The van der Waals surface area contributed by atoms with Crippen LogP contribution in [0.15, 0.2) is 24.3 Å². The first-order valence-corrected chi connectivity index (χ1v) is 9.85. The summed E-state index contributed by atoms with van der Waals surface area (Å²) in [7, 11) is -9.02. The van der Waals surface area contributed by atoms with Crippen molar-refractivity contribution in [1.29, 1.82) is 0 Å². The van der Waals surface area contributed by atoms with Crippen LogP contribution in [-0.4, -0.2) is 60.8 Å². The molecule has 0 fully saturated rings. The van der Waals surface area contributed by atoms with E-state index in [4.69, 9.17) is 9.11 Å². The third kappa shape index (κ3) is 4.87. The average molecular weight is 348 g/mol. The van der Waals surface area contributed by atoms with Crippen molar-refractivity contribution < 1.29 is 30.5 Å². The first kappa shape index (κ1) is 17.1. The van der Waals surface area contributed by atoms with Crippen molar-refractivity contribution in [3.05, 3.63) is 35.4 Å². The molecule has 1 aromatic rings. The third-order valence-electron chi connectivity index (χ3n) is 3.60. The second-order valence-corrected chi connectivity index (χ2v) is 8.48. The van der Waals surface area contributed by atoms with Gasteiger partial charge in [-0.3, -0.25) is 9.11 Å². The van der Waals surface area contributed by atoms with Gasteiger partial charge in [0.15, 0.2) is 6.21 Å². The molecule has 2 rings (SSSR count). The summed E-state index contributed by atoms with van der Waals surface area (Å²) in [6.45, 7) is 0.954. The summed E-state index contributed by atoms with van der Waals surface area (Å²) < 4.78 is 64.0. The van der Waals surface area contributed by atoms with Gasteiger partial charge < -0.3 is 0 Å². The zero-order valence-electron chi connectivity index (χ0n) is 11.8. The summed E-state index contributed by atoms with van der Waals surface area (Å²) in [5.41, 5.74) is 2.23. The maximum atomic E-state index is 11.2. The Balaban J connectivity index is 2.09. The van der Waals surface area contributed by atoms with Crippen LogP contribution < -0.4 is 0 Å². The Morgan fingerprint density at radius 1 is 1.14 bits per heavy atom. The SMILES string of the molecule is O=S(=O)(O)CC(CC[N+]1=Cc2ccccc2CC1)S(=O)(=O)O. The summed E-state index contributed by atoms with van der Waals surface area (Å²) in [4.78, 5) is 0. The zero-order valence-corrected chi connectivity index (χ0v) is 13.4. The lowest BCUT2D eigenvalue weighted by Crippen LogP contribution is -2.33. The Bertz CT molecular complexity index is 783. The van der Waals surface area contributed by atoms with Gasteiger partial charge in [-0.2, -0.15) is 16.8 Å². The molecule has 1 unspecified atom stereocenters. The number of rotatable bonds is 6. The van der Waals surface area contributed by atoms with Crippen molar-refractivity contribution in [3.63, 3.8) is 0 Å². The van der Waals surface area contributed by atoms with E-state index in [0.29, 0.717) is 6.54 Å². The van der Waals surface area contributed by atoms with Crippen LogP contribution in [0.3, 0.4) is 0 Å². The van der Waals surface area contributed by atoms with E-state index in [1.54, 1.807) is 0 Å². The summed E-state index contributed by atoms with van der Waals surface area (Å²) in [5.74, 6) is -1.00. The Morgan fingerprint density at radius 3 is 2.45 bits per heavy atom. The van der Waals surface area contributed by atoms with Crippen molar-refractivity contribution in [2.24, 2.45) is 0 Å². The minimum Gasteiger partial charge on any atom is -0.286 e. The van der Waals surface area contributed by atoms with Crippen LogP contribution >= 0.6 is 0 Å². The molecule has 0 radical (unpaired) electrons. The number of hydrogen-bond donors (Lipinski definition) is 2. The first-order chi connectivity index (χ1) is 10.1. The normalized spacial score (nSPS) is 16.7. The number of benzene rings is 1. The molecule has 1 heterocycles. The van der Waals surface area contributed by atoms with E-state index in [9.17, 15) is 16.8 Å². The van der Waals surface area contributed by atoms with Crippen LogP contribution in [0.5, 0.6) is 0 Å². The quantitative estimate of drug-likeness (QED) is 0.561. The molecule has 9 heteroatoms. The highest BCUT2D eigenvalue weighted by Gasteiger charge is 2.30. The standard InChI is InChI=1S/C13H17NO6S2/c15-21(16,17)10-13(22(18,19)20)6-8-14-7-5-11-3-1-2-4-12(11)9-14/h1-4,9,13H,5-8,10H2,(H-,15,16,17,18,19,20)/p+1. The van der Waals surface area contributed by atoms with E-state index in [-0.39, 0.29) is 13.0 Å². The molecule has 1 aromatic carbocycles. The smallest absolute Gasteiger partial charge is 0.269 e. The van der Waals surface area contributed by atoms with Gasteiger partial charge in [-0.15, -0.1) is 0 Å². The minimum atomic E-state index is -4.54. The predicted octanol–water partition coefficient (Wildman–Crippen LogP) is 0.208. The molecular weight excluding hydrogens is 330 g/mol. The Kier molecular flexibility index (Phi) is 5.00. The number of fused-ring (bicyclic) bond motifs is 1. The van der Waals surface area contributed by atoms with Crippen molar-refractivity contribution in [3.8, 4) is 0 Å². The number of nitrogens with zero attached hydrogens (tertiary/aromatic N) is 1. The molecule has 0 amide bonds. The van der Waals surface area contributed by atoms with Crippen LogP contribution in [0.25, 0.3) is 0 Å². The predicted molar refractivity (Wildman–Crippen MR) is 81.7 cm³/mol. The van der Waals surface area contributed by atoms with Gasteiger partial charge >= 0.3 is 0 Å². The monoisotopic (exact) mass is 348 g/mol. The molecule has 0 spiro atoms. The maximum Gasteiger partial charge on any atom is 0.269 e. The zero-order chi connectivity index (χ0) is 16.4. The molecule has 7 nitrogen and oxygen atoms in total. The van der Waals surface area contributed by atoms with E-state index in [0.717, 1.165) is 12.0 Å². The third-order valence-corrected chi connectivity index (χ3v) is 5.88. The van der Waals surface area contributed by atoms with Crippen molar-refractivity contribution in [2.75, 3.05) is 18.8 Å². The van der Waals surface area contributed by atoms with Crippen LogP contribution in [0.4, 0.5) is 0 Å². The van der Waals surface area contributed by atoms with E-state index >= 15 is 0 Å². The maximum absolute atomic E-state index is 11.2. The van der Waals surface area contributed by atoms with E-state index in [2.05, 4.69) is 0 Å². The highest BCUT2D eigenvalue weighted by molar-refractivity contribution is 7.90. The fraction of sp³-hybridized carbons (Fsp3) is 0.462. The van der Waals surface area contributed by atoms with Crippen molar-refractivity contribution in [1.82, 2.24) is 0 Å². The molecule has 1 aliphatic rings. The molecule has 0 saturated heterocycles. The lowest BCUT2D eigenvalue weighted by Gasteiger charge is -2.15. The second kappa shape index (κ2) is 6.45. The molecule has 1 aliphatic heterocycles. The Morgan fingerprint density at radius 2 is 1.82 bits per heavy atom. The summed E-state index contributed by atoms with van der Waals surface area (Å²) in [5, 5.41) is -1.53. The van der Waals surface area contributed by atoms with E-state index < -0.39 is 31.2 Å². The summed E-state index contributed by atoms with van der Waals surface area (Å²) in [6.07, 6.45) is 2.60. The minimum absolute atomic E-state index is 0.0860. The van der Waals surface area contributed by atoms with Crippen LogP contribution in [-0.2, 0) is 26.7 Å². The van der Waals surface area contributed by atoms with Gasteiger partial charge in [-0.1, -0.05) is 18.2 Å². The van der Waals surface area contributed by atoms with Crippen LogP contribution in [0.2, 0.25) is 0 Å². The van der Waals surface area contributed by atoms with Gasteiger partial charge in [0.05, 0.1) is 5.75 Å². The fourth-order valence-electron chi connectivity index (χ4n) is 2.45. The van der Waals surface area contributed by atoms with Gasteiger partial charge in [0, 0.05) is 18.4 Å². The van der Waals surface area contributed by atoms with Crippen molar-refractivity contribution >= 4 is 26.5 Å². The highest BCUT2D eigenvalue weighted by atomic mass is 32.2. The molecule has 0 bridgehead atoms. The Labute approximate surface area is 129 Å². The van der Waals surface area contributed by atoms with Gasteiger partial charge in [0.2, 0.25) is 0 Å². The van der Waals surface area contributed by atoms with Gasteiger partial charge in [0.25, 0.3) is 20.2 Å². The Hall–Kier alpha value is -1.29. The lowest BCUT2D eigenvalue weighted by atomic mass is 10.0. The molecule has 2 N–H and O–H groups in total. The van der Waals surface area contributed by atoms with Crippen LogP contribution in [0, 0.1) is 0 Å².